The number of likely N-dealkylation sites (tertiary alicyclic amines) is 1. The monoisotopic (exact) mass is 281 g/mol. The van der Waals surface area contributed by atoms with Gasteiger partial charge in [0.1, 0.15) is 0 Å². The highest BCUT2D eigenvalue weighted by atomic mass is 16.5. The molecular formula is C15H27N3O2. The summed E-state index contributed by atoms with van der Waals surface area (Å²) in [6.45, 7) is 9.90. The minimum absolute atomic E-state index is 0.126. The van der Waals surface area contributed by atoms with Crippen LogP contribution in [0.25, 0.3) is 0 Å². The third-order valence-electron chi connectivity index (χ3n) is 5.44. The third-order valence-corrected chi connectivity index (χ3v) is 5.44. The van der Waals surface area contributed by atoms with Gasteiger partial charge in [0.2, 0.25) is 5.91 Å². The molecule has 0 spiro atoms. The van der Waals surface area contributed by atoms with Crippen molar-refractivity contribution in [1.82, 2.24) is 15.5 Å². The summed E-state index contributed by atoms with van der Waals surface area (Å²) in [5, 5.41) is 6.65. The Labute approximate surface area is 121 Å². The number of ether oxygens (including phenoxy) is 1. The van der Waals surface area contributed by atoms with Crippen molar-refractivity contribution in [3.8, 4) is 0 Å². The zero-order valence-corrected chi connectivity index (χ0v) is 12.7. The summed E-state index contributed by atoms with van der Waals surface area (Å²) >= 11 is 0. The van der Waals surface area contributed by atoms with E-state index in [1.54, 1.807) is 0 Å². The van der Waals surface area contributed by atoms with E-state index < -0.39 is 0 Å². The number of amides is 1. The van der Waals surface area contributed by atoms with E-state index in [0.717, 1.165) is 45.7 Å². The topological polar surface area (TPSA) is 53.6 Å². The summed E-state index contributed by atoms with van der Waals surface area (Å²) in [4.78, 5) is 14.6. The Kier molecular flexibility index (Phi) is 4.02. The minimum atomic E-state index is 0.126. The van der Waals surface area contributed by atoms with E-state index in [9.17, 15) is 4.79 Å². The second kappa shape index (κ2) is 5.62. The zero-order chi connectivity index (χ0) is 14.2. The van der Waals surface area contributed by atoms with Crippen molar-refractivity contribution in [3.05, 3.63) is 0 Å². The van der Waals surface area contributed by atoms with Gasteiger partial charge in [0.25, 0.3) is 0 Å². The van der Waals surface area contributed by atoms with E-state index in [-0.39, 0.29) is 11.4 Å². The number of hydrogen-bond donors (Lipinski definition) is 2. The second-order valence-corrected chi connectivity index (χ2v) is 7.01. The van der Waals surface area contributed by atoms with Gasteiger partial charge in [-0.3, -0.25) is 9.69 Å². The van der Waals surface area contributed by atoms with Crippen molar-refractivity contribution in [2.45, 2.75) is 38.3 Å². The lowest BCUT2D eigenvalue weighted by Gasteiger charge is -2.35. The first-order valence-electron chi connectivity index (χ1n) is 7.90. The predicted octanol–water partition coefficient (Wildman–Crippen LogP) is 0.211. The molecule has 2 N–H and O–H groups in total. The van der Waals surface area contributed by atoms with Crippen LogP contribution in [0.15, 0.2) is 0 Å². The molecule has 0 saturated carbocycles. The smallest absolute Gasteiger partial charge is 0.234 e. The molecule has 2 unspecified atom stereocenters. The van der Waals surface area contributed by atoms with Crippen LogP contribution in [0.1, 0.15) is 26.7 Å². The molecule has 0 aromatic rings. The normalized spacial score (nSPS) is 34.1. The molecule has 3 aliphatic rings. The molecule has 3 fully saturated rings. The Balaban J connectivity index is 1.53. The highest BCUT2D eigenvalue weighted by Gasteiger charge is 2.49. The Morgan fingerprint density at radius 3 is 2.80 bits per heavy atom. The van der Waals surface area contributed by atoms with Crippen molar-refractivity contribution in [2.75, 3.05) is 39.4 Å². The van der Waals surface area contributed by atoms with Crippen LogP contribution in [-0.2, 0) is 9.53 Å². The summed E-state index contributed by atoms with van der Waals surface area (Å²) in [6.07, 6.45) is 1.90. The standard InChI is InChI=1S/C15H27N3O2/c1-15(2)13-8-16-7-11(13)9-18(15)10-14(19)17-12-3-5-20-6-4-12/h11-13,16H,3-10H2,1-2H3,(H,17,19). The minimum Gasteiger partial charge on any atom is -0.381 e. The SMILES string of the molecule is CC1(C)C2CNCC2CN1CC(=O)NC1CCOCC1. The van der Waals surface area contributed by atoms with Gasteiger partial charge in [0.15, 0.2) is 0 Å². The molecule has 0 aromatic carbocycles. The maximum Gasteiger partial charge on any atom is 0.234 e. The molecule has 5 heteroatoms. The molecule has 20 heavy (non-hydrogen) atoms. The maximum absolute atomic E-state index is 12.3. The number of carbonyl (C=O) groups is 1. The van der Waals surface area contributed by atoms with Gasteiger partial charge in [-0.15, -0.1) is 0 Å². The highest BCUT2D eigenvalue weighted by molar-refractivity contribution is 5.78. The molecule has 114 valence electrons. The van der Waals surface area contributed by atoms with Gasteiger partial charge in [-0.2, -0.15) is 0 Å². The molecule has 2 atom stereocenters. The van der Waals surface area contributed by atoms with E-state index in [1.807, 2.05) is 0 Å². The van der Waals surface area contributed by atoms with Crippen molar-refractivity contribution in [3.63, 3.8) is 0 Å². The van der Waals surface area contributed by atoms with Gasteiger partial charge in [-0.25, -0.2) is 0 Å². The van der Waals surface area contributed by atoms with Crippen molar-refractivity contribution in [1.29, 1.82) is 0 Å². The molecule has 0 bridgehead atoms. The zero-order valence-electron chi connectivity index (χ0n) is 12.7. The van der Waals surface area contributed by atoms with Crippen LogP contribution in [-0.4, -0.2) is 61.8 Å². The molecule has 3 heterocycles. The first-order chi connectivity index (χ1) is 9.57. The van der Waals surface area contributed by atoms with E-state index >= 15 is 0 Å². The molecular weight excluding hydrogens is 254 g/mol. The average molecular weight is 281 g/mol. The average Bonchev–Trinajstić information content (AvgIpc) is 2.95. The van der Waals surface area contributed by atoms with Gasteiger partial charge < -0.3 is 15.4 Å². The Hall–Kier alpha value is -0.650. The van der Waals surface area contributed by atoms with Gasteiger partial charge >= 0.3 is 0 Å². The Morgan fingerprint density at radius 2 is 2.10 bits per heavy atom. The summed E-state index contributed by atoms with van der Waals surface area (Å²) in [5.74, 6) is 1.57. The summed E-state index contributed by atoms with van der Waals surface area (Å²) in [7, 11) is 0. The van der Waals surface area contributed by atoms with Crippen LogP contribution in [0.2, 0.25) is 0 Å². The lowest BCUT2D eigenvalue weighted by Crippen LogP contribution is -2.50. The van der Waals surface area contributed by atoms with Crippen molar-refractivity contribution in [2.24, 2.45) is 11.8 Å². The fraction of sp³-hybridized carbons (Fsp3) is 0.933. The molecule has 5 nitrogen and oxygen atoms in total. The van der Waals surface area contributed by atoms with Gasteiger partial charge in [0, 0.05) is 37.9 Å². The van der Waals surface area contributed by atoms with Crippen LogP contribution in [0.3, 0.4) is 0 Å². The lowest BCUT2D eigenvalue weighted by atomic mass is 9.85. The number of nitrogens with zero attached hydrogens (tertiary/aromatic N) is 1. The fourth-order valence-corrected chi connectivity index (χ4v) is 4.06. The maximum atomic E-state index is 12.3. The molecule has 3 aliphatic heterocycles. The second-order valence-electron chi connectivity index (χ2n) is 7.01. The number of nitrogens with one attached hydrogen (secondary N) is 2. The number of rotatable bonds is 3. The van der Waals surface area contributed by atoms with Crippen LogP contribution in [0.5, 0.6) is 0 Å². The molecule has 1 amide bonds. The molecule has 0 aromatic heterocycles. The Bertz CT molecular complexity index is 366. The van der Waals surface area contributed by atoms with Crippen molar-refractivity contribution >= 4 is 5.91 Å². The quantitative estimate of drug-likeness (QED) is 0.776. The summed E-state index contributed by atoms with van der Waals surface area (Å²) in [6, 6.07) is 0.308. The third kappa shape index (κ3) is 2.71. The van der Waals surface area contributed by atoms with Crippen molar-refractivity contribution < 1.29 is 9.53 Å². The van der Waals surface area contributed by atoms with E-state index in [1.165, 1.54) is 0 Å². The van der Waals surface area contributed by atoms with E-state index in [2.05, 4.69) is 29.4 Å². The Morgan fingerprint density at radius 1 is 1.35 bits per heavy atom. The van der Waals surface area contributed by atoms with Crippen LogP contribution in [0, 0.1) is 11.8 Å². The fourth-order valence-electron chi connectivity index (χ4n) is 4.06. The van der Waals surface area contributed by atoms with Gasteiger partial charge in [-0.1, -0.05) is 0 Å². The molecule has 3 rings (SSSR count). The molecule has 3 saturated heterocycles. The number of carbonyl (C=O) groups excluding carboxylic acids is 1. The van der Waals surface area contributed by atoms with Crippen LogP contribution >= 0.6 is 0 Å². The largest absolute Gasteiger partial charge is 0.381 e. The first-order valence-corrected chi connectivity index (χ1v) is 7.90. The molecule has 0 radical (unpaired) electrons. The van der Waals surface area contributed by atoms with Gasteiger partial charge in [0.05, 0.1) is 6.54 Å². The van der Waals surface area contributed by atoms with E-state index in [4.69, 9.17) is 4.74 Å². The summed E-state index contributed by atoms with van der Waals surface area (Å²) < 4.78 is 5.33. The van der Waals surface area contributed by atoms with E-state index in [0.29, 0.717) is 24.4 Å². The van der Waals surface area contributed by atoms with Crippen LogP contribution < -0.4 is 10.6 Å². The number of fused-ring (bicyclic) bond motifs is 1. The highest BCUT2D eigenvalue weighted by Crippen LogP contribution is 2.40. The van der Waals surface area contributed by atoms with Crippen LogP contribution in [0.4, 0.5) is 0 Å². The van der Waals surface area contributed by atoms with Gasteiger partial charge in [-0.05, 0) is 45.1 Å². The summed E-state index contributed by atoms with van der Waals surface area (Å²) in [5.41, 5.74) is 0.126. The predicted molar refractivity (Wildman–Crippen MR) is 77.5 cm³/mol. The first kappa shape index (κ1) is 14.3. The molecule has 0 aliphatic carbocycles. The lowest BCUT2D eigenvalue weighted by molar-refractivity contribution is -0.124. The number of hydrogen-bond acceptors (Lipinski definition) is 4.